The van der Waals surface area contributed by atoms with Crippen LogP contribution in [0.3, 0.4) is 0 Å². The summed E-state index contributed by atoms with van der Waals surface area (Å²) in [7, 11) is 0. The van der Waals surface area contributed by atoms with Crippen molar-refractivity contribution in [3.8, 4) is 11.4 Å². The Kier molecular flexibility index (Phi) is 4.50. The number of carbonyl (C=O) groups is 1. The van der Waals surface area contributed by atoms with E-state index in [4.69, 9.17) is 11.6 Å². The minimum Gasteiger partial charge on any atom is -0.338 e. The van der Waals surface area contributed by atoms with Gasteiger partial charge in [-0.25, -0.2) is 4.68 Å². The molecule has 3 aromatic rings. The molecule has 1 amide bonds. The zero-order chi connectivity index (χ0) is 17.2. The summed E-state index contributed by atoms with van der Waals surface area (Å²) in [5, 5.41) is 8.48. The Morgan fingerprint density at radius 2 is 2.00 bits per heavy atom. The van der Waals surface area contributed by atoms with E-state index in [9.17, 15) is 4.79 Å². The van der Waals surface area contributed by atoms with E-state index in [2.05, 4.69) is 15.3 Å². The summed E-state index contributed by atoms with van der Waals surface area (Å²) in [5.41, 5.74) is 1.59. The lowest BCUT2D eigenvalue weighted by Gasteiger charge is -2.31. The third-order valence-electron chi connectivity index (χ3n) is 4.35. The molecule has 0 aliphatic carbocycles. The van der Waals surface area contributed by atoms with Crippen molar-refractivity contribution in [1.29, 1.82) is 0 Å². The van der Waals surface area contributed by atoms with Gasteiger partial charge in [0.2, 0.25) is 0 Å². The molecule has 1 fully saturated rings. The smallest absolute Gasteiger partial charge is 0.263 e. The molecule has 8 heteroatoms. The van der Waals surface area contributed by atoms with Gasteiger partial charge >= 0.3 is 0 Å². The molecule has 128 valence electrons. The third kappa shape index (κ3) is 3.43. The van der Waals surface area contributed by atoms with Gasteiger partial charge in [-0.15, -0.1) is 16.4 Å². The monoisotopic (exact) mass is 373 g/mol. The van der Waals surface area contributed by atoms with Gasteiger partial charge in [-0.2, -0.15) is 0 Å². The highest BCUT2D eigenvalue weighted by Crippen LogP contribution is 2.27. The molecule has 0 bridgehead atoms. The Balaban J connectivity index is 1.41. The molecule has 25 heavy (non-hydrogen) atoms. The molecule has 4 rings (SSSR count). The molecule has 0 radical (unpaired) electrons. The van der Waals surface area contributed by atoms with E-state index in [1.54, 1.807) is 18.3 Å². The van der Waals surface area contributed by atoms with Crippen LogP contribution in [0.25, 0.3) is 11.4 Å². The Morgan fingerprint density at radius 1 is 1.16 bits per heavy atom. The van der Waals surface area contributed by atoms with Crippen LogP contribution in [0, 0.1) is 0 Å². The van der Waals surface area contributed by atoms with Crippen molar-refractivity contribution in [2.24, 2.45) is 0 Å². The molecular weight excluding hydrogens is 358 g/mol. The zero-order valence-corrected chi connectivity index (χ0v) is 15.0. The maximum absolute atomic E-state index is 12.5. The topological polar surface area (TPSA) is 63.9 Å². The standard InChI is InChI=1S/C17H16ClN5OS/c18-16-5-4-15(25-16)17(24)22-9-6-12(7-10-22)23-11-14(20-21-23)13-3-1-2-8-19-13/h1-5,8,11-12H,6-7,9-10H2. The molecule has 1 saturated heterocycles. The van der Waals surface area contributed by atoms with Crippen LogP contribution in [-0.2, 0) is 0 Å². The quantitative estimate of drug-likeness (QED) is 0.704. The molecule has 4 heterocycles. The highest BCUT2D eigenvalue weighted by atomic mass is 35.5. The van der Waals surface area contributed by atoms with Crippen LogP contribution in [-0.4, -0.2) is 43.9 Å². The summed E-state index contributed by atoms with van der Waals surface area (Å²) < 4.78 is 2.54. The number of hydrogen-bond acceptors (Lipinski definition) is 5. The first-order chi connectivity index (χ1) is 12.2. The third-order valence-corrected chi connectivity index (χ3v) is 5.57. The number of likely N-dealkylation sites (tertiary alicyclic amines) is 1. The SMILES string of the molecule is O=C(c1ccc(Cl)s1)N1CCC(n2cc(-c3ccccn3)nn2)CC1. The highest BCUT2D eigenvalue weighted by Gasteiger charge is 2.26. The number of halogens is 1. The second-order valence-corrected chi connectivity index (χ2v) is 7.64. The van der Waals surface area contributed by atoms with Crippen LogP contribution in [0.5, 0.6) is 0 Å². The molecule has 3 aromatic heterocycles. The predicted octanol–water partition coefficient (Wildman–Crippen LogP) is 3.53. The van der Waals surface area contributed by atoms with Gasteiger partial charge in [-0.1, -0.05) is 22.9 Å². The number of aromatic nitrogens is 4. The molecule has 0 unspecified atom stereocenters. The van der Waals surface area contributed by atoms with Crippen molar-refractivity contribution in [2.45, 2.75) is 18.9 Å². The summed E-state index contributed by atoms with van der Waals surface area (Å²) >= 11 is 7.25. The normalized spacial score (nSPS) is 15.5. The fourth-order valence-corrected chi connectivity index (χ4v) is 4.02. The van der Waals surface area contributed by atoms with Crippen molar-refractivity contribution < 1.29 is 4.79 Å². The molecule has 0 N–H and O–H groups in total. The number of carbonyl (C=O) groups excluding carboxylic acids is 1. The van der Waals surface area contributed by atoms with E-state index < -0.39 is 0 Å². The van der Waals surface area contributed by atoms with Gasteiger partial charge in [-0.05, 0) is 37.1 Å². The molecule has 0 saturated carbocycles. The first-order valence-corrected chi connectivity index (χ1v) is 9.28. The van der Waals surface area contributed by atoms with Crippen molar-refractivity contribution in [1.82, 2.24) is 24.9 Å². The van der Waals surface area contributed by atoms with Gasteiger partial charge in [-0.3, -0.25) is 9.78 Å². The Hall–Kier alpha value is -2.25. The molecule has 0 aromatic carbocycles. The van der Waals surface area contributed by atoms with E-state index in [1.165, 1.54) is 11.3 Å². The second kappa shape index (κ2) is 6.93. The van der Waals surface area contributed by atoms with Gasteiger partial charge < -0.3 is 4.90 Å². The average molecular weight is 374 g/mol. The van der Waals surface area contributed by atoms with Gasteiger partial charge in [0.15, 0.2) is 0 Å². The largest absolute Gasteiger partial charge is 0.338 e. The lowest BCUT2D eigenvalue weighted by atomic mass is 10.1. The maximum atomic E-state index is 12.5. The summed E-state index contributed by atoms with van der Waals surface area (Å²) in [6, 6.07) is 9.53. The van der Waals surface area contributed by atoms with Crippen LogP contribution in [0.4, 0.5) is 0 Å². The average Bonchev–Trinajstić information content (AvgIpc) is 3.31. The highest BCUT2D eigenvalue weighted by molar-refractivity contribution is 7.17. The van der Waals surface area contributed by atoms with E-state index >= 15 is 0 Å². The molecular formula is C17H16ClN5OS. The molecule has 6 nitrogen and oxygen atoms in total. The number of thiophene rings is 1. The molecule has 1 aliphatic heterocycles. The number of amides is 1. The van der Waals surface area contributed by atoms with Gasteiger partial charge in [0.25, 0.3) is 5.91 Å². The fourth-order valence-electron chi connectivity index (χ4n) is 3.01. The number of nitrogens with zero attached hydrogens (tertiary/aromatic N) is 5. The van der Waals surface area contributed by atoms with Crippen LogP contribution in [0.15, 0.2) is 42.7 Å². The van der Waals surface area contributed by atoms with E-state index in [0.29, 0.717) is 22.3 Å². The summed E-state index contributed by atoms with van der Waals surface area (Å²) in [4.78, 5) is 19.4. The van der Waals surface area contributed by atoms with Gasteiger partial charge in [0.1, 0.15) is 5.69 Å². The minimum atomic E-state index is 0.0584. The molecule has 0 spiro atoms. The number of pyridine rings is 1. The van der Waals surface area contributed by atoms with Gasteiger partial charge in [0, 0.05) is 19.3 Å². The number of hydrogen-bond donors (Lipinski definition) is 0. The maximum Gasteiger partial charge on any atom is 0.263 e. The fraction of sp³-hybridized carbons (Fsp3) is 0.294. The van der Waals surface area contributed by atoms with Crippen LogP contribution >= 0.6 is 22.9 Å². The van der Waals surface area contributed by atoms with Crippen LogP contribution < -0.4 is 0 Å². The minimum absolute atomic E-state index is 0.0584. The van der Waals surface area contributed by atoms with Crippen LogP contribution in [0.2, 0.25) is 4.34 Å². The lowest BCUT2D eigenvalue weighted by Crippen LogP contribution is -2.38. The Labute approximate surface area is 154 Å². The Bertz CT molecular complexity index is 870. The molecule has 1 aliphatic rings. The van der Waals surface area contributed by atoms with Crippen molar-refractivity contribution >= 4 is 28.8 Å². The van der Waals surface area contributed by atoms with Crippen molar-refractivity contribution in [2.75, 3.05) is 13.1 Å². The first kappa shape index (κ1) is 16.2. The molecule has 0 atom stereocenters. The van der Waals surface area contributed by atoms with Crippen LogP contribution in [0.1, 0.15) is 28.6 Å². The lowest BCUT2D eigenvalue weighted by molar-refractivity contribution is 0.0694. The van der Waals surface area contributed by atoms with E-state index in [-0.39, 0.29) is 11.9 Å². The number of rotatable bonds is 3. The zero-order valence-electron chi connectivity index (χ0n) is 13.4. The van der Waals surface area contributed by atoms with Crippen molar-refractivity contribution in [3.63, 3.8) is 0 Å². The number of piperidine rings is 1. The summed E-state index contributed by atoms with van der Waals surface area (Å²) in [6.45, 7) is 1.41. The first-order valence-electron chi connectivity index (χ1n) is 8.08. The summed E-state index contributed by atoms with van der Waals surface area (Å²) in [6.07, 6.45) is 5.39. The van der Waals surface area contributed by atoms with Gasteiger partial charge in [0.05, 0.1) is 27.1 Å². The Morgan fingerprint density at radius 3 is 2.68 bits per heavy atom. The van der Waals surface area contributed by atoms with E-state index in [0.717, 1.165) is 24.2 Å². The van der Waals surface area contributed by atoms with E-state index in [1.807, 2.05) is 34.0 Å². The summed E-state index contributed by atoms with van der Waals surface area (Å²) in [5.74, 6) is 0.0584. The predicted molar refractivity (Wildman–Crippen MR) is 96.8 cm³/mol. The second-order valence-electron chi connectivity index (χ2n) is 5.93. The van der Waals surface area contributed by atoms with Crippen molar-refractivity contribution in [3.05, 3.63) is 51.9 Å².